The fourth-order valence-corrected chi connectivity index (χ4v) is 5.92. The number of aliphatic hydroxyl groups is 1. The van der Waals surface area contributed by atoms with E-state index < -0.39 is 13.9 Å². The molecule has 1 saturated carbocycles. The van der Waals surface area contributed by atoms with Crippen molar-refractivity contribution in [1.29, 1.82) is 0 Å². The van der Waals surface area contributed by atoms with Crippen LogP contribution in [0.4, 0.5) is 0 Å². The Balaban J connectivity index is 1.98. The van der Waals surface area contributed by atoms with Crippen LogP contribution >= 0.6 is 0 Å². The van der Waals surface area contributed by atoms with Gasteiger partial charge in [0, 0.05) is 11.8 Å². The van der Waals surface area contributed by atoms with Crippen molar-refractivity contribution in [2.24, 2.45) is 5.92 Å². The predicted octanol–water partition coefficient (Wildman–Crippen LogP) is 5.39. The molecule has 3 unspecified atom stereocenters. The fraction of sp³-hybridized carbons (Fsp3) is 0.696. The molecule has 1 fully saturated rings. The Morgan fingerprint density at radius 2 is 1.96 bits per heavy atom. The Morgan fingerprint density at radius 3 is 2.56 bits per heavy atom. The van der Waals surface area contributed by atoms with Crippen LogP contribution in [0, 0.1) is 5.92 Å². The Kier molecular flexibility index (Phi) is 4.92. The van der Waals surface area contributed by atoms with Gasteiger partial charge in [0.05, 0.1) is 0 Å². The number of Topliss-reactive ketones (excluding diaryl/α,β-unsaturated/α-hetero) is 1. The van der Waals surface area contributed by atoms with Crippen molar-refractivity contribution in [2.45, 2.75) is 95.9 Å². The number of aryl methyl sites for hydroxylation is 1. The van der Waals surface area contributed by atoms with Gasteiger partial charge in [-0.3, -0.25) is 4.79 Å². The molecule has 150 valence electrons. The zero-order valence-corrected chi connectivity index (χ0v) is 19.1. The quantitative estimate of drug-likeness (QED) is 0.706. The van der Waals surface area contributed by atoms with E-state index in [0.717, 1.165) is 25.0 Å². The smallest absolute Gasteiger partial charge is 0.250 e. The maximum absolute atomic E-state index is 12.4. The van der Waals surface area contributed by atoms with Crippen molar-refractivity contribution >= 4 is 14.1 Å². The van der Waals surface area contributed by atoms with E-state index in [1.54, 1.807) is 6.92 Å². The lowest BCUT2D eigenvalue weighted by Gasteiger charge is -2.52. The standard InChI is InChI=1S/C23H36O3Si/c1-8-23-15-22(5,25)20(24)14-17(23)10-9-16-13-18(11-12-19(16)23)26-27(6,7)21(2,3)4/h11-13,17,25H,8-10,14-15H2,1-7H3. The molecule has 1 aromatic carbocycles. The molecule has 3 nitrogen and oxygen atoms in total. The van der Waals surface area contributed by atoms with Crippen LogP contribution in [-0.4, -0.2) is 24.8 Å². The molecule has 0 spiro atoms. The van der Waals surface area contributed by atoms with E-state index in [2.05, 4.69) is 59.0 Å². The lowest BCUT2D eigenvalue weighted by molar-refractivity contribution is -0.146. The highest BCUT2D eigenvalue weighted by Crippen LogP contribution is 2.54. The van der Waals surface area contributed by atoms with Crippen molar-refractivity contribution in [3.05, 3.63) is 29.3 Å². The van der Waals surface area contributed by atoms with Gasteiger partial charge in [0.1, 0.15) is 11.4 Å². The maximum Gasteiger partial charge on any atom is 0.250 e. The first kappa shape index (κ1) is 20.6. The van der Waals surface area contributed by atoms with Gasteiger partial charge in [0.2, 0.25) is 8.32 Å². The third-order valence-electron chi connectivity index (χ3n) is 7.66. The molecule has 0 heterocycles. The summed E-state index contributed by atoms with van der Waals surface area (Å²) in [4.78, 5) is 12.4. The average molecular weight is 389 g/mol. The van der Waals surface area contributed by atoms with Crippen LogP contribution in [-0.2, 0) is 16.6 Å². The first-order chi connectivity index (χ1) is 12.3. The minimum absolute atomic E-state index is 0.0119. The summed E-state index contributed by atoms with van der Waals surface area (Å²) >= 11 is 0. The maximum atomic E-state index is 12.4. The Morgan fingerprint density at radius 1 is 1.30 bits per heavy atom. The largest absolute Gasteiger partial charge is 0.543 e. The highest BCUT2D eigenvalue weighted by molar-refractivity contribution is 6.74. The molecular weight excluding hydrogens is 352 g/mol. The highest BCUT2D eigenvalue weighted by atomic mass is 28.4. The summed E-state index contributed by atoms with van der Waals surface area (Å²) < 4.78 is 6.53. The van der Waals surface area contributed by atoms with E-state index in [4.69, 9.17) is 4.43 Å². The van der Waals surface area contributed by atoms with Crippen molar-refractivity contribution < 1.29 is 14.3 Å². The zero-order valence-electron chi connectivity index (χ0n) is 18.1. The third kappa shape index (κ3) is 3.40. The van der Waals surface area contributed by atoms with Crippen LogP contribution in [0.2, 0.25) is 18.1 Å². The molecule has 27 heavy (non-hydrogen) atoms. The van der Waals surface area contributed by atoms with Crippen LogP contribution in [0.15, 0.2) is 18.2 Å². The molecule has 3 atom stereocenters. The number of rotatable bonds is 3. The van der Waals surface area contributed by atoms with Gasteiger partial charge in [0.25, 0.3) is 0 Å². The molecule has 3 rings (SSSR count). The first-order valence-corrected chi connectivity index (χ1v) is 13.3. The normalized spacial score (nSPS) is 31.3. The van der Waals surface area contributed by atoms with E-state index >= 15 is 0 Å². The van der Waals surface area contributed by atoms with E-state index in [0.29, 0.717) is 18.8 Å². The molecule has 0 saturated heterocycles. The summed E-state index contributed by atoms with van der Waals surface area (Å²) in [5.41, 5.74) is 1.36. The van der Waals surface area contributed by atoms with Crippen molar-refractivity contribution in [3.8, 4) is 5.75 Å². The van der Waals surface area contributed by atoms with Gasteiger partial charge < -0.3 is 9.53 Å². The van der Waals surface area contributed by atoms with Crippen molar-refractivity contribution in [1.82, 2.24) is 0 Å². The third-order valence-corrected chi connectivity index (χ3v) is 12.0. The lowest BCUT2D eigenvalue weighted by atomic mass is 9.53. The second-order valence-electron chi connectivity index (χ2n) is 10.5. The van der Waals surface area contributed by atoms with Gasteiger partial charge in [-0.05, 0) is 79.9 Å². The lowest BCUT2D eigenvalue weighted by Crippen LogP contribution is -2.54. The van der Waals surface area contributed by atoms with Crippen LogP contribution in [0.3, 0.4) is 0 Å². The first-order valence-electron chi connectivity index (χ1n) is 10.4. The number of ketones is 1. The van der Waals surface area contributed by atoms with Crippen LogP contribution in [0.1, 0.15) is 71.4 Å². The summed E-state index contributed by atoms with van der Waals surface area (Å²) in [6.45, 7) is 15.2. The number of fused-ring (bicyclic) bond motifs is 3. The van der Waals surface area contributed by atoms with Gasteiger partial charge in [0.15, 0.2) is 5.78 Å². The second kappa shape index (κ2) is 6.45. The average Bonchev–Trinajstić information content (AvgIpc) is 2.54. The number of carbonyl (C=O) groups excluding carboxylic acids is 1. The fourth-order valence-electron chi connectivity index (χ4n) is 4.90. The summed E-state index contributed by atoms with van der Waals surface area (Å²) in [5.74, 6) is 1.33. The molecule has 1 aromatic rings. The summed E-state index contributed by atoms with van der Waals surface area (Å²) in [5, 5.41) is 10.9. The minimum atomic E-state index is -1.87. The number of benzene rings is 1. The molecule has 0 amide bonds. The minimum Gasteiger partial charge on any atom is -0.543 e. The molecule has 2 aliphatic carbocycles. The van der Waals surface area contributed by atoms with E-state index in [-0.39, 0.29) is 16.2 Å². The second-order valence-corrected chi connectivity index (χ2v) is 15.2. The number of hydrogen-bond donors (Lipinski definition) is 1. The van der Waals surface area contributed by atoms with Crippen molar-refractivity contribution in [3.63, 3.8) is 0 Å². The number of hydrogen-bond acceptors (Lipinski definition) is 3. The summed E-state index contributed by atoms with van der Waals surface area (Å²) in [6.07, 6.45) is 4.01. The monoisotopic (exact) mass is 388 g/mol. The zero-order chi connectivity index (χ0) is 20.3. The molecule has 0 aromatic heterocycles. The van der Waals surface area contributed by atoms with Crippen molar-refractivity contribution in [2.75, 3.05) is 0 Å². The molecule has 1 N–H and O–H groups in total. The predicted molar refractivity (Wildman–Crippen MR) is 113 cm³/mol. The van der Waals surface area contributed by atoms with Crippen LogP contribution in [0.25, 0.3) is 0 Å². The van der Waals surface area contributed by atoms with Crippen LogP contribution < -0.4 is 4.43 Å². The Hall–Kier alpha value is -1.13. The molecule has 0 bridgehead atoms. The van der Waals surface area contributed by atoms with Gasteiger partial charge in [-0.25, -0.2) is 0 Å². The van der Waals surface area contributed by atoms with Crippen LogP contribution in [0.5, 0.6) is 5.75 Å². The summed E-state index contributed by atoms with van der Waals surface area (Å²) in [7, 11) is -1.87. The molecule has 0 aliphatic heterocycles. The van der Waals surface area contributed by atoms with Gasteiger partial charge in [-0.2, -0.15) is 0 Å². The Bertz CT molecular complexity index is 744. The van der Waals surface area contributed by atoms with E-state index in [1.807, 2.05) is 0 Å². The SMILES string of the molecule is CCC12CC(C)(O)C(=O)CC1CCc1cc(O[Si](C)(C)C(C)(C)C)ccc12. The topological polar surface area (TPSA) is 46.5 Å². The van der Waals surface area contributed by atoms with E-state index in [9.17, 15) is 9.90 Å². The summed E-state index contributed by atoms with van der Waals surface area (Å²) in [6, 6.07) is 6.57. The van der Waals surface area contributed by atoms with Gasteiger partial charge in [-0.15, -0.1) is 0 Å². The van der Waals surface area contributed by atoms with E-state index in [1.165, 1.54) is 11.1 Å². The molecular formula is C23H36O3Si. The van der Waals surface area contributed by atoms with Gasteiger partial charge in [-0.1, -0.05) is 33.8 Å². The number of carbonyl (C=O) groups is 1. The molecule has 2 aliphatic rings. The molecule has 4 heteroatoms. The Labute approximate surface area is 165 Å². The molecule has 0 radical (unpaired) electrons. The highest BCUT2D eigenvalue weighted by Gasteiger charge is 2.53. The van der Waals surface area contributed by atoms with Gasteiger partial charge >= 0.3 is 0 Å².